The first-order chi connectivity index (χ1) is 13.7. The van der Waals surface area contributed by atoms with Gasteiger partial charge in [0, 0.05) is 36.5 Å². The van der Waals surface area contributed by atoms with E-state index in [1.165, 1.54) is 24.9 Å². The molecule has 5 nitrogen and oxygen atoms in total. The number of methoxy groups -OCH3 is 3. The maximum atomic E-state index is 12.6. The van der Waals surface area contributed by atoms with Gasteiger partial charge in [0.25, 0.3) is 0 Å². The fourth-order valence-electron chi connectivity index (χ4n) is 3.44. The normalized spacial score (nSPS) is 14.2. The van der Waals surface area contributed by atoms with E-state index >= 15 is 0 Å². The fraction of sp³-hybridized carbons (Fsp3) is 0.348. The van der Waals surface area contributed by atoms with Crippen LogP contribution in [0.2, 0.25) is 0 Å². The summed E-state index contributed by atoms with van der Waals surface area (Å²) in [6.07, 6.45) is 7.03. The van der Waals surface area contributed by atoms with Crippen LogP contribution in [0.25, 0.3) is 6.08 Å². The Balaban J connectivity index is 1.78. The van der Waals surface area contributed by atoms with Crippen molar-refractivity contribution in [3.63, 3.8) is 0 Å². The molecule has 0 N–H and O–H groups in total. The number of hydrogen-bond donors (Lipinski definition) is 0. The topological polar surface area (TPSA) is 48.0 Å². The van der Waals surface area contributed by atoms with E-state index in [9.17, 15) is 4.79 Å². The van der Waals surface area contributed by atoms with Crippen LogP contribution in [0.1, 0.15) is 35.2 Å². The third-order valence-electron chi connectivity index (χ3n) is 5.03. The van der Waals surface area contributed by atoms with Crippen LogP contribution in [0.5, 0.6) is 17.2 Å². The molecule has 0 bridgehead atoms. The Hall–Kier alpha value is -2.95. The molecule has 0 amide bonds. The molecule has 0 spiro atoms. The smallest absolute Gasteiger partial charge is 0.185 e. The molecule has 0 aromatic heterocycles. The van der Waals surface area contributed by atoms with Gasteiger partial charge in [-0.3, -0.25) is 4.79 Å². The van der Waals surface area contributed by atoms with E-state index in [2.05, 4.69) is 4.90 Å². The molecule has 2 aromatic carbocycles. The number of piperidine rings is 1. The summed E-state index contributed by atoms with van der Waals surface area (Å²) in [6.45, 7) is 2.18. The van der Waals surface area contributed by atoms with Gasteiger partial charge in [0.2, 0.25) is 0 Å². The molecule has 5 heteroatoms. The van der Waals surface area contributed by atoms with Crippen molar-refractivity contribution in [3.05, 3.63) is 53.6 Å². The Bertz CT molecular complexity index is 811. The summed E-state index contributed by atoms with van der Waals surface area (Å²) >= 11 is 0. The van der Waals surface area contributed by atoms with Gasteiger partial charge in [0.15, 0.2) is 5.78 Å². The van der Waals surface area contributed by atoms with Crippen molar-refractivity contribution in [2.24, 2.45) is 0 Å². The second-order valence-corrected chi connectivity index (χ2v) is 6.74. The van der Waals surface area contributed by atoms with Gasteiger partial charge in [0.05, 0.1) is 26.9 Å². The Labute approximate surface area is 166 Å². The predicted molar refractivity (Wildman–Crippen MR) is 112 cm³/mol. The summed E-state index contributed by atoms with van der Waals surface area (Å²) in [4.78, 5) is 15.0. The Morgan fingerprint density at radius 3 is 2.04 bits per heavy atom. The summed E-state index contributed by atoms with van der Waals surface area (Å²) in [5.41, 5.74) is 2.53. The van der Waals surface area contributed by atoms with Gasteiger partial charge < -0.3 is 19.1 Å². The van der Waals surface area contributed by atoms with Crippen molar-refractivity contribution >= 4 is 17.5 Å². The molecular weight excluding hydrogens is 354 g/mol. The quantitative estimate of drug-likeness (QED) is 0.518. The van der Waals surface area contributed by atoms with Crippen LogP contribution in [0.15, 0.2) is 42.5 Å². The largest absolute Gasteiger partial charge is 0.496 e. The lowest BCUT2D eigenvalue weighted by Crippen LogP contribution is -2.29. The minimum atomic E-state index is -0.0647. The van der Waals surface area contributed by atoms with Crippen LogP contribution in [-0.2, 0) is 0 Å². The molecule has 0 aliphatic carbocycles. The van der Waals surface area contributed by atoms with Crippen LogP contribution in [0.4, 0.5) is 5.69 Å². The number of ketones is 1. The summed E-state index contributed by atoms with van der Waals surface area (Å²) in [5, 5.41) is 0. The molecule has 3 rings (SSSR count). The second kappa shape index (κ2) is 9.31. The highest BCUT2D eigenvalue weighted by atomic mass is 16.5. The summed E-state index contributed by atoms with van der Waals surface area (Å²) < 4.78 is 16.1. The molecular formula is C23H27NO4. The highest BCUT2D eigenvalue weighted by molar-refractivity contribution is 6.07. The van der Waals surface area contributed by atoms with E-state index in [0.717, 1.165) is 13.1 Å². The Morgan fingerprint density at radius 1 is 0.893 bits per heavy atom. The maximum Gasteiger partial charge on any atom is 0.185 e. The van der Waals surface area contributed by atoms with E-state index in [4.69, 9.17) is 14.2 Å². The number of anilines is 1. The zero-order valence-electron chi connectivity index (χ0n) is 16.7. The summed E-state index contributed by atoms with van der Waals surface area (Å²) in [6, 6.07) is 11.4. The summed E-state index contributed by atoms with van der Waals surface area (Å²) in [5.74, 6) is 1.73. The predicted octanol–water partition coefficient (Wildman–Crippen LogP) is 4.60. The van der Waals surface area contributed by atoms with Crippen LogP contribution in [-0.4, -0.2) is 40.2 Å². The number of rotatable bonds is 7. The number of carbonyl (C=O) groups is 1. The number of ether oxygens (including phenoxy) is 3. The van der Waals surface area contributed by atoms with E-state index in [0.29, 0.717) is 28.4 Å². The van der Waals surface area contributed by atoms with Gasteiger partial charge in [-0.25, -0.2) is 0 Å². The number of allylic oxidation sites excluding steroid dienone is 1. The molecule has 1 saturated heterocycles. The molecule has 0 atom stereocenters. The van der Waals surface area contributed by atoms with Gasteiger partial charge in [-0.05, 0) is 55.7 Å². The van der Waals surface area contributed by atoms with E-state index in [-0.39, 0.29) is 5.78 Å². The number of hydrogen-bond acceptors (Lipinski definition) is 5. The van der Waals surface area contributed by atoms with Crippen LogP contribution in [0.3, 0.4) is 0 Å². The van der Waals surface area contributed by atoms with Gasteiger partial charge in [-0.1, -0.05) is 0 Å². The molecule has 1 aliphatic rings. The SMILES string of the molecule is COc1cc(OC)c(/C=C/C(=O)c2ccc(N3CCCCC3)cc2)c(OC)c1. The number of carbonyl (C=O) groups excluding carboxylic acids is 1. The van der Waals surface area contributed by atoms with E-state index in [1.54, 1.807) is 45.6 Å². The Morgan fingerprint density at radius 2 is 1.50 bits per heavy atom. The van der Waals surface area contributed by atoms with Gasteiger partial charge in [0.1, 0.15) is 17.2 Å². The summed E-state index contributed by atoms with van der Waals surface area (Å²) in [7, 11) is 4.74. The van der Waals surface area contributed by atoms with Crippen LogP contribution >= 0.6 is 0 Å². The zero-order valence-corrected chi connectivity index (χ0v) is 16.7. The van der Waals surface area contributed by atoms with E-state index < -0.39 is 0 Å². The van der Waals surface area contributed by atoms with Gasteiger partial charge in [-0.15, -0.1) is 0 Å². The first kappa shape index (κ1) is 19.8. The molecule has 148 valence electrons. The van der Waals surface area contributed by atoms with Gasteiger partial charge in [-0.2, -0.15) is 0 Å². The van der Waals surface area contributed by atoms with Gasteiger partial charge >= 0.3 is 0 Å². The number of benzene rings is 2. The highest BCUT2D eigenvalue weighted by Gasteiger charge is 2.13. The monoisotopic (exact) mass is 381 g/mol. The highest BCUT2D eigenvalue weighted by Crippen LogP contribution is 2.35. The van der Waals surface area contributed by atoms with Crippen molar-refractivity contribution < 1.29 is 19.0 Å². The minimum Gasteiger partial charge on any atom is -0.496 e. The first-order valence-corrected chi connectivity index (χ1v) is 9.53. The third-order valence-corrected chi connectivity index (χ3v) is 5.03. The molecule has 28 heavy (non-hydrogen) atoms. The zero-order chi connectivity index (χ0) is 19.9. The van der Waals surface area contributed by atoms with Crippen molar-refractivity contribution in [2.45, 2.75) is 19.3 Å². The van der Waals surface area contributed by atoms with Crippen molar-refractivity contribution in [1.29, 1.82) is 0 Å². The fourth-order valence-corrected chi connectivity index (χ4v) is 3.44. The first-order valence-electron chi connectivity index (χ1n) is 9.53. The van der Waals surface area contributed by atoms with E-state index in [1.807, 2.05) is 24.3 Å². The molecule has 1 fully saturated rings. The van der Waals surface area contributed by atoms with Crippen LogP contribution in [0, 0.1) is 0 Å². The lowest BCUT2D eigenvalue weighted by atomic mass is 10.1. The minimum absolute atomic E-state index is 0.0647. The third kappa shape index (κ3) is 4.47. The molecule has 1 heterocycles. The van der Waals surface area contributed by atoms with Crippen molar-refractivity contribution in [1.82, 2.24) is 0 Å². The van der Waals surface area contributed by atoms with Crippen molar-refractivity contribution in [2.75, 3.05) is 39.3 Å². The molecule has 0 saturated carbocycles. The molecule has 0 unspecified atom stereocenters. The van der Waals surface area contributed by atoms with Crippen LogP contribution < -0.4 is 19.1 Å². The lowest BCUT2D eigenvalue weighted by molar-refractivity contribution is 0.104. The maximum absolute atomic E-state index is 12.6. The number of nitrogens with zero attached hydrogens (tertiary/aromatic N) is 1. The molecule has 0 radical (unpaired) electrons. The molecule has 2 aromatic rings. The Kier molecular flexibility index (Phi) is 6.58. The second-order valence-electron chi connectivity index (χ2n) is 6.74. The van der Waals surface area contributed by atoms with Crippen molar-refractivity contribution in [3.8, 4) is 17.2 Å². The standard InChI is InChI=1S/C23H27NO4/c1-26-19-15-22(27-2)20(23(16-19)28-3)11-12-21(25)17-7-9-18(10-8-17)24-13-5-4-6-14-24/h7-12,15-16H,4-6,13-14H2,1-3H3/b12-11+. The molecule has 1 aliphatic heterocycles. The average molecular weight is 381 g/mol. The lowest BCUT2D eigenvalue weighted by Gasteiger charge is -2.28. The average Bonchev–Trinajstić information content (AvgIpc) is 2.77.